The third-order valence-corrected chi connectivity index (χ3v) is 4.28. The van der Waals surface area contributed by atoms with Crippen LogP contribution < -0.4 is 0 Å². The molecule has 3 rings (SSSR count). The van der Waals surface area contributed by atoms with Crippen LogP contribution in [0.1, 0.15) is 23.5 Å². The zero-order valence-electron chi connectivity index (χ0n) is 11.8. The third kappa shape index (κ3) is 2.59. The van der Waals surface area contributed by atoms with E-state index in [0.29, 0.717) is 10.6 Å². The molecule has 0 unspecified atom stereocenters. The second kappa shape index (κ2) is 5.57. The Morgan fingerprint density at radius 3 is 2.22 bits per heavy atom. The fourth-order valence-electron chi connectivity index (χ4n) is 3.02. The van der Waals surface area contributed by atoms with Crippen molar-refractivity contribution in [2.24, 2.45) is 0 Å². The molecule has 0 spiro atoms. The van der Waals surface area contributed by atoms with E-state index in [4.69, 9.17) is 16.3 Å². The van der Waals surface area contributed by atoms with Crippen LogP contribution in [0.15, 0.2) is 54.6 Å². The fourth-order valence-corrected chi connectivity index (χ4v) is 3.14. The van der Waals surface area contributed by atoms with E-state index in [-0.39, 0.29) is 12.0 Å². The van der Waals surface area contributed by atoms with Gasteiger partial charge >= 0.3 is 12.1 Å². The Morgan fingerprint density at radius 1 is 1.04 bits per heavy atom. The van der Waals surface area contributed by atoms with Crippen molar-refractivity contribution in [1.29, 1.82) is 0 Å². The molecule has 23 heavy (non-hydrogen) atoms. The van der Waals surface area contributed by atoms with Crippen LogP contribution in [-0.2, 0) is 15.1 Å². The lowest BCUT2D eigenvalue weighted by Gasteiger charge is -2.35. The normalized spacial score (nSPS) is 24.5. The quantitative estimate of drug-likeness (QED) is 0.732. The average Bonchev–Trinajstić information content (AvgIpc) is 2.87. The minimum Gasteiger partial charge on any atom is -0.444 e. The number of benzene rings is 2. The van der Waals surface area contributed by atoms with Gasteiger partial charge in [0.05, 0.1) is 6.42 Å². The number of carbonyl (C=O) groups is 1. The van der Waals surface area contributed by atoms with Gasteiger partial charge in [-0.25, -0.2) is 0 Å². The van der Waals surface area contributed by atoms with Gasteiger partial charge in [-0.2, -0.15) is 13.2 Å². The van der Waals surface area contributed by atoms with Gasteiger partial charge in [-0.3, -0.25) is 4.79 Å². The number of rotatable bonds is 2. The van der Waals surface area contributed by atoms with Crippen LogP contribution in [0, 0.1) is 0 Å². The first-order valence-electron chi connectivity index (χ1n) is 6.94. The largest absolute Gasteiger partial charge is 0.444 e. The molecule has 1 fully saturated rings. The molecule has 0 bridgehead atoms. The highest BCUT2D eigenvalue weighted by Crippen LogP contribution is 2.56. The Morgan fingerprint density at radius 2 is 1.65 bits per heavy atom. The van der Waals surface area contributed by atoms with Crippen LogP contribution in [0.25, 0.3) is 0 Å². The van der Waals surface area contributed by atoms with Gasteiger partial charge in [-0.15, -0.1) is 0 Å². The first-order chi connectivity index (χ1) is 10.8. The molecule has 2 aromatic rings. The molecule has 0 N–H and O–H groups in total. The van der Waals surface area contributed by atoms with Crippen molar-refractivity contribution >= 4 is 17.6 Å². The highest BCUT2D eigenvalue weighted by atomic mass is 35.5. The number of ether oxygens (including phenoxy) is 1. The van der Waals surface area contributed by atoms with Crippen LogP contribution in [-0.4, -0.2) is 12.1 Å². The van der Waals surface area contributed by atoms with Gasteiger partial charge in [0.2, 0.25) is 5.60 Å². The fraction of sp³-hybridized carbons (Fsp3) is 0.235. The maximum absolute atomic E-state index is 14.0. The molecule has 2 aromatic carbocycles. The predicted molar refractivity (Wildman–Crippen MR) is 79.1 cm³/mol. The molecule has 0 radical (unpaired) electrons. The van der Waals surface area contributed by atoms with E-state index in [2.05, 4.69) is 0 Å². The van der Waals surface area contributed by atoms with Crippen molar-refractivity contribution in [3.8, 4) is 0 Å². The van der Waals surface area contributed by atoms with Crippen LogP contribution in [0.3, 0.4) is 0 Å². The van der Waals surface area contributed by atoms with Crippen molar-refractivity contribution < 1.29 is 22.7 Å². The summed E-state index contributed by atoms with van der Waals surface area (Å²) in [5.74, 6) is -2.01. The number of esters is 1. The number of carbonyl (C=O) groups excluding carboxylic acids is 1. The molecule has 0 saturated carbocycles. The highest BCUT2D eigenvalue weighted by Gasteiger charge is 2.67. The van der Waals surface area contributed by atoms with Crippen molar-refractivity contribution in [1.82, 2.24) is 0 Å². The van der Waals surface area contributed by atoms with E-state index in [9.17, 15) is 18.0 Å². The first-order valence-corrected chi connectivity index (χ1v) is 7.32. The van der Waals surface area contributed by atoms with E-state index < -0.39 is 23.7 Å². The van der Waals surface area contributed by atoms with Crippen molar-refractivity contribution in [2.75, 3.05) is 0 Å². The molecule has 1 saturated heterocycles. The predicted octanol–water partition coefficient (Wildman–Crippen LogP) is 4.83. The van der Waals surface area contributed by atoms with Crippen LogP contribution in [0.4, 0.5) is 13.2 Å². The number of hydrogen-bond donors (Lipinski definition) is 0. The maximum Gasteiger partial charge on any atom is 0.433 e. The monoisotopic (exact) mass is 340 g/mol. The van der Waals surface area contributed by atoms with Gasteiger partial charge in [0.15, 0.2) is 0 Å². The van der Waals surface area contributed by atoms with E-state index in [1.807, 2.05) is 0 Å². The Balaban J connectivity index is 2.21. The SMILES string of the molecule is O=C1C[C@@H](c2ccccc2)[C@](c2ccc(Cl)cc2)(C(F)(F)F)O1. The van der Waals surface area contributed by atoms with Gasteiger partial charge in [0, 0.05) is 16.5 Å². The van der Waals surface area contributed by atoms with E-state index >= 15 is 0 Å². The Hall–Kier alpha value is -2.01. The molecular formula is C17H12ClF3O2. The molecule has 1 aliphatic heterocycles. The lowest BCUT2D eigenvalue weighted by molar-refractivity contribution is -0.269. The topological polar surface area (TPSA) is 26.3 Å². The number of hydrogen-bond acceptors (Lipinski definition) is 2. The minimum absolute atomic E-state index is 0.130. The van der Waals surface area contributed by atoms with Gasteiger partial charge in [0.25, 0.3) is 0 Å². The maximum atomic E-state index is 14.0. The summed E-state index contributed by atoms with van der Waals surface area (Å²) in [7, 11) is 0. The molecule has 6 heteroatoms. The van der Waals surface area contributed by atoms with E-state index in [0.717, 1.165) is 0 Å². The molecular weight excluding hydrogens is 329 g/mol. The summed E-state index contributed by atoms with van der Waals surface area (Å²) in [5.41, 5.74) is -2.42. The molecule has 120 valence electrons. The molecule has 0 aromatic heterocycles. The summed E-state index contributed by atoms with van der Waals surface area (Å²) in [6.45, 7) is 0. The summed E-state index contributed by atoms with van der Waals surface area (Å²) in [5, 5.41) is 0.312. The number of halogens is 4. The van der Waals surface area contributed by atoms with Gasteiger partial charge in [-0.1, -0.05) is 54.1 Å². The van der Waals surface area contributed by atoms with Crippen molar-refractivity contribution in [3.63, 3.8) is 0 Å². The Labute approximate surface area is 135 Å². The molecule has 2 atom stereocenters. The highest BCUT2D eigenvalue weighted by molar-refractivity contribution is 6.30. The summed E-state index contributed by atoms with van der Waals surface area (Å²) >= 11 is 5.77. The Bertz CT molecular complexity index is 713. The Kier molecular flexibility index (Phi) is 3.84. The second-order valence-corrected chi connectivity index (χ2v) is 5.82. The summed E-state index contributed by atoms with van der Waals surface area (Å²) in [4.78, 5) is 11.8. The van der Waals surface area contributed by atoms with Gasteiger partial charge in [-0.05, 0) is 17.7 Å². The zero-order valence-corrected chi connectivity index (χ0v) is 12.6. The molecule has 2 nitrogen and oxygen atoms in total. The number of cyclic esters (lactones) is 1. The molecule has 0 aliphatic carbocycles. The second-order valence-electron chi connectivity index (χ2n) is 5.38. The van der Waals surface area contributed by atoms with Crippen LogP contribution >= 0.6 is 11.6 Å². The third-order valence-electron chi connectivity index (χ3n) is 4.03. The molecule has 0 amide bonds. The molecule has 1 heterocycles. The van der Waals surface area contributed by atoms with E-state index in [1.165, 1.54) is 24.3 Å². The average molecular weight is 341 g/mol. The lowest BCUT2D eigenvalue weighted by atomic mass is 9.77. The smallest absolute Gasteiger partial charge is 0.433 e. The van der Waals surface area contributed by atoms with Crippen molar-refractivity contribution in [2.45, 2.75) is 24.1 Å². The lowest BCUT2D eigenvalue weighted by Crippen LogP contribution is -2.46. The number of alkyl halides is 3. The van der Waals surface area contributed by atoms with E-state index in [1.54, 1.807) is 30.3 Å². The molecule has 1 aliphatic rings. The van der Waals surface area contributed by atoms with Crippen LogP contribution in [0.5, 0.6) is 0 Å². The summed E-state index contributed by atoms with van der Waals surface area (Å²) < 4.78 is 46.9. The zero-order chi connectivity index (χ0) is 16.7. The van der Waals surface area contributed by atoms with Crippen LogP contribution in [0.2, 0.25) is 5.02 Å². The summed E-state index contributed by atoms with van der Waals surface area (Å²) in [6, 6.07) is 13.4. The minimum atomic E-state index is -4.76. The standard InChI is InChI=1S/C17H12ClF3O2/c18-13-8-6-12(7-9-13)16(17(19,20)21)14(10-15(22)23-16)11-4-2-1-3-5-11/h1-9,14H,10H2/t14-,16+/m0/s1. The van der Waals surface area contributed by atoms with Gasteiger partial charge in [0.1, 0.15) is 0 Å². The van der Waals surface area contributed by atoms with Crippen molar-refractivity contribution in [3.05, 3.63) is 70.7 Å². The summed E-state index contributed by atoms with van der Waals surface area (Å²) in [6.07, 6.45) is -5.08. The first kappa shape index (κ1) is 15.9. The van der Waals surface area contributed by atoms with Gasteiger partial charge < -0.3 is 4.74 Å².